The van der Waals surface area contributed by atoms with E-state index in [0.29, 0.717) is 6.07 Å². The fraction of sp³-hybridized carbons (Fsp3) is 0.385. The molecule has 110 valence electrons. The predicted molar refractivity (Wildman–Crippen MR) is 70.6 cm³/mol. The van der Waals surface area contributed by atoms with E-state index in [0.717, 1.165) is 18.9 Å². The Bertz CT molecular complexity index is 637. The van der Waals surface area contributed by atoms with Gasteiger partial charge in [-0.25, -0.2) is 9.18 Å². The maximum absolute atomic E-state index is 14.1. The van der Waals surface area contributed by atoms with Gasteiger partial charge in [-0.1, -0.05) is 0 Å². The highest BCUT2D eigenvalue weighted by Gasteiger charge is 2.33. The Morgan fingerprint density at radius 1 is 1.57 bits per heavy atom. The van der Waals surface area contributed by atoms with E-state index < -0.39 is 28.0 Å². The number of nitriles is 1. The van der Waals surface area contributed by atoms with Crippen LogP contribution in [0.3, 0.4) is 0 Å². The van der Waals surface area contributed by atoms with Crippen molar-refractivity contribution in [2.75, 3.05) is 11.4 Å². The minimum absolute atomic E-state index is 0.00394. The Balaban J connectivity index is 2.47. The van der Waals surface area contributed by atoms with Crippen LogP contribution in [0.25, 0.3) is 0 Å². The van der Waals surface area contributed by atoms with Gasteiger partial charge < -0.3 is 10.0 Å². The lowest BCUT2D eigenvalue weighted by molar-refractivity contribution is -0.385. The molecule has 0 heterocycles. The van der Waals surface area contributed by atoms with Gasteiger partial charge in [0.25, 0.3) is 5.69 Å². The lowest BCUT2D eigenvalue weighted by Crippen LogP contribution is -2.28. The summed E-state index contributed by atoms with van der Waals surface area (Å²) in [4.78, 5) is 22.6. The van der Waals surface area contributed by atoms with Gasteiger partial charge in [0.1, 0.15) is 5.56 Å². The maximum atomic E-state index is 14.1. The molecule has 0 unspecified atom stereocenters. The summed E-state index contributed by atoms with van der Waals surface area (Å²) in [7, 11) is 0. The van der Waals surface area contributed by atoms with Crippen molar-refractivity contribution >= 4 is 17.3 Å². The molecule has 1 aliphatic carbocycles. The van der Waals surface area contributed by atoms with Crippen LogP contribution in [0.15, 0.2) is 12.1 Å². The lowest BCUT2D eigenvalue weighted by Gasteiger charge is -2.24. The van der Waals surface area contributed by atoms with Crippen LogP contribution in [0, 0.1) is 27.3 Å². The summed E-state index contributed by atoms with van der Waals surface area (Å²) in [6, 6.07) is 3.60. The van der Waals surface area contributed by atoms with Crippen molar-refractivity contribution in [3.63, 3.8) is 0 Å². The van der Waals surface area contributed by atoms with Crippen LogP contribution in [-0.4, -0.2) is 28.6 Å². The van der Waals surface area contributed by atoms with Crippen molar-refractivity contribution in [3.05, 3.63) is 33.6 Å². The number of carboxylic acid groups (broad SMARTS) is 1. The molecule has 8 heteroatoms. The Hall–Kier alpha value is -2.69. The average molecular weight is 293 g/mol. The quantitative estimate of drug-likeness (QED) is 0.637. The van der Waals surface area contributed by atoms with E-state index in [2.05, 4.69) is 0 Å². The molecule has 0 saturated heterocycles. The number of nitrogens with zero attached hydrogens (tertiary/aromatic N) is 3. The first-order chi connectivity index (χ1) is 9.95. The lowest BCUT2D eigenvalue weighted by atomic mass is 10.1. The fourth-order valence-corrected chi connectivity index (χ4v) is 2.15. The van der Waals surface area contributed by atoms with Crippen LogP contribution in [0.1, 0.15) is 29.6 Å². The van der Waals surface area contributed by atoms with Crippen LogP contribution in [-0.2, 0) is 0 Å². The maximum Gasteiger partial charge on any atom is 0.342 e. The minimum atomic E-state index is -1.49. The Kier molecular flexibility index (Phi) is 4.03. The first kappa shape index (κ1) is 14.7. The molecule has 1 aromatic carbocycles. The number of nitro groups is 1. The van der Waals surface area contributed by atoms with Crippen molar-refractivity contribution in [1.82, 2.24) is 0 Å². The average Bonchev–Trinajstić information content (AvgIpc) is 3.24. The third kappa shape index (κ3) is 3.08. The van der Waals surface area contributed by atoms with E-state index in [1.165, 1.54) is 0 Å². The van der Waals surface area contributed by atoms with E-state index >= 15 is 0 Å². The number of benzene rings is 1. The third-order valence-electron chi connectivity index (χ3n) is 3.25. The smallest absolute Gasteiger partial charge is 0.342 e. The molecule has 1 aromatic rings. The predicted octanol–water partition coefficient (Wildman–Crippen LogP) is 2.31. The van der Waals surface area contributed by atoms with Crippen molar-refractivity contribution in [3.8, 4) is 6.07 Å². The highest BCUT2D eigenvalue weighted by molar-refractivity contribution is 5.93. The molecular weight excluding hydrogens is 281 g/mol. The van der Waals surface area contributed by atoms with Crippen molar-refractivity contribution in [2.45, 2.75) is 25.3 Å². The van der Waals surface area contributed by atoms with Crippen LogP contribution >= 0.6 is 0 Å². The van der Waals surface area contributed by atoms with Crippen molar-refractivity contribution < 1.29 is 19.2 Å². The number of rotatable bonds is 6. The number of hydrogen-bond donors (Lipinski definition) is 1. The van der Waals surface area contributed by atoms with E-state index in [9.17, 15) is 19.3 Å². The summed E-state index contributed by atoms with van der Waals surface area (Å²) in [5.74, 6) is -2.34. The third-order valence-corrected chi connectivity index (χ3v) is 3.25. The molecule has 0 aromatic heterocycles. The molecule has 1 fully saturated rings. The van der Waals surface area contributed by atoms with Gasteiger partial charge >= 0.3 is 5.97 Å². The van der Waals surface area contributed by atoms with Crippen LogP contribution < -0.4 is 4.90 Å². The van der Waals surface area contributed by atoms with Gasteiger partial charge in [0, 0.05) is 12.6 Å². The molecule has 1 N–H and O–H groups in total. The molecule has 0 amide bonds. The number of anilines is 1. The van der Waals surface area contributed by atoms with E-state index in [4.69, 9.17) is 10.4 Å². The second kappa shape index (κ2) is 5.75. The normalized spacial score (nSPS) is 13.5. The number of carbonyl (C=O) groups is 1. The zero-order valence-corrected chi connectivity index (χ0v) is 11.0. The summed E-state index contributed by atoms with van der Waals surface area (Å²) in [6.07, 6.45) is 1.81. The minimum Gasteiger partial charge on any atom is -0.477 e. The molecule has 2 rings (SSSR count). The standard InChI is InChI=1S/C13H12FN3O4/c14-10-7-11(17(20)21)9(13(18)19)6-12(10)16(5-1-4-15)8-2-3-8/h6-8H,1-3,5H2,(H,18,19). The van der Waals surface area contributed by atoms with Crippen molar-refractivity contribution in [1.29, 1.82) is 5.26 Å². The van der Waals surface area contributed by atoms with Gasteiger partial charge in [-0.2, -0.15) is 5.26 Å². The second-order valence-corrected chi connectivity index (χ2v) is 4.72. The molecule has 0 spiro atoms. The van der Waals surface area contributed by atoms with Crippen LogP contribution in [0.2, 0.25) is 0 Å². The topological polar surface area (TPSA) is 107 Å². The van der Waals surface area contributed by atoms with Gasteiger partial charge in [0.15, 0.2) is 5.82 Å². The highest BCUT2D eigenvalue weighted by Crippen LogP contribution is 2.36. The largest absolute Gasteiger partial charge is 0.477 e. The zero-order chi connectivity index (χ0) is 15.6. The Morgan fingerprint density at radius 3 is 2.71 bits per heavy atom. The molecule has 7 nitrogen and oxygen atoms in total. The summed E-state index contributed by atoms with van der Waals surface area (Å²) < 4.78 is 14.1. The fourth-order valence-electron chi connectivity index (χ4n) is 2.15. The summed E-state index contributed by atoms with van der Waals surface area (Å²) in [5, 5.41) is 28.5. The first-order valence-electron chi connectivity index (χ1n) is 6.30. The van der Waals surface area contributed by atoms with Gasteiger partial charge in [-0.15, -0.1) is 0 Å². The number of aromatic carboxylic acids is 1. The van der Waals surface area contributed by atoms with Crippen molar-refractivity contribution in [2.24, 2.45) is 0 Å². The van der Waals surface area contributed by atoms with E-state index in [1.54, 1.807) is 4.90 Å². The number of carboxylic acids is 1. The van der Waals surface area contributed by atoms with Gasteiger partial charge in [-0.3, -0.25) is 10.1 Å². The van der Waals surface area contributed by atoms with Gasteiger partial charge in [0.05, 0.1) is 29.2 Å². The molecule has 0 bridgehead atoms. The summed E-state index contributed by atoms with van der Waals surface area (Å²) in [6.45, 7) is 0.259. The summed E-state index contributed by atoms with van der Waals surface area (Å²) in [5.41, 5.74) is -1.34. The number of hydrogen-bond acceptors (Lipinski definition) is 5. The highest BCUT2D eigenvalue weighted by atomic mass is 19.1. The molecule has 0 aliphatic heterocycles. The van der Waals surface area contributed by atoms with Gasteiger partial charge in [0.2, 0.25) is 0 Å². The molecule has 21 heavy (non-hydrogen) atoms. The molecule has 1 aliphatic rings. The van der Waals surface area contributed by atoms with Crippen LogP contribution in [0.4, 0.5) is 15.8 Å². The monoisotopic (exact) mass is 293 g/mol. The molecule has 0 atom stereocenters. The number of halogens is 1. The van der Waals surface area contributed by atoms with Crippen LogP contribution in [0.5, 0.6) is 0 Å². The summed E-state index contributed by atoms with van der Waals surface area (Å²) >= 11 is 0. The Labute approximate surface area is 119 Å². The van der Waals surface area contributed by atoms with Gasteiger partial charge in [-0.05, 0) is 18.9 Å². The SMILES string of the molecule is N#CCCN(c1cc(C(=O)O)c([N+](=O)[O-])cc1F)C1CC1. The molecular formula is C13H12FN3O4. The first-order valence-corrected chi connectivity index (χ1v) is 6.30. The molecule has 1 saturated carbocycles. The second-order valence-electron chi connectivity index (χ2n) is 4.72. The van der Waals surface area contributed by atoms with E-state index in [-0.39, 0.29) is 24.7 Å². The van der Waals surface area contributed by atoms with E-state index in [1.807, 2.05) is 6.07 Å². The molecule has 0 radical (unpaired) electrons. The zero-order valence-electron chi connectivity index (χ0n) is 11.0. The Morgan fingerprint density at radius 2 is 2.24 bits per heavy atom. The number of nitro benzene ring substituents is 1.